The van der Waals surface area contributed by atoms with Crippen molar-refractivity contribution in [2.24, 2.45) is 10.7 Å². The third-order valence-electron chi connectivity index (χ3n) is 5.08. The first-order chi connectivity index (χ1) is 12.5. The van der Waals surface area contributed by atoms with Gasteiger partial charge in [0.2, 0.25) is 0 Å². The Balaban J connectivity index is 1.86. The van der Waals surface area contributed by atoms with Crippen LogP contribution < -0.4 is 20.5 Å². The van der Waals surface area contributed by atoms with Crippen molar-refractivity contribution in [2.45, 2.75) is 24.8 Å². The van der Waals surface area contributed by atoms with Gasteiger partial charge >= 0.3 is 0 Å². The summed E-state index contributed by atoms with van der Waals surface area (Å²) in [6, 6.07) is 5.92. The molecular weight excluding hydrogens is 332 g/mol. The Morgan fingerprint density at radius 3 is 2.54 bits per heavy atom. The highest BCUT2D eigenvalue weighted by atomic mass is 16.5. The minimum absolute atomic E-state index is 0.0356. The van der Waals surface area contributed by atoms with E-state index >= 15 is 0 Å². The van der Waals surface area contributed by atoms with Gasteiger partial charge in [-0.25, -0.2) is 0 Å². The largest absolute Gasteiger partial charge is 0.493 e. The highest BCUT2D eigenvalue weighted by molar-refractivity contribution is 5.77. The van der Waals surface area contributed by atoms with Crippen LogP contribution in [0.1, 0.15) is 18.4 Å². The molecule has 26 heavy (non-hydrogen) atoms. The molecule has 1 aromatic carbocycles. The van der Waals surface area contributed by atoms with Gasteiger partial charge in [0.05, 0.1) is 20.8 Å². The van der Waals surface area contributed by atoms with Gasteiger partial charge in [0, 0.05) is 25.3 Å². The molecule has 0 spiro atoms. The van der Waals surface area contributed by atoms with Gasteiger partial charge in [0.15, 0.2) is 17.5 Å². The third kappa shape index (κ3) is 5.25. The minimum atomic E-state index is 0.0356. The standard InChI is InChI=1S/C19H32N4O3/c1-23(2)19(8-11-26-12-9-19)14-22-18(20)21-10-7-15-5-6-16(24-3)17(13-15)25-4/h5-6,13H,7-12,14H2,1-4H3,(H3,20,21,22). The molecule has 1 aromatic rings. The van der Waals surface area contributed by atoms with Crippen LogP contribution in [0.2, 0.25) is 0 Å². The van der Waals surface area contributed by atoms with Crippen LogP contribution in [0.5, 0.6) is 11.5 Å². The molecule has 0 saturated carbocycles. The normalized spacial score (nSPS) is 17.2. The zero-order chi connectivity index (χ0) is 19.0. The van der Waals surface area contributed by atoms with Crippen molar-refractivity contribution >= 4 is 5.96 Å². The maximum absolute atomic E-state index is 6.06. The number of benzene rings is 1. The van der Waals surface area contributed by atoms with E-state index < -0.39 is 0 Å². The Morgan fingerprint density at radius 1 is 1.23 bits per heavy atom. The van der Waals surface area contributed by atoms with E-state index in [0.29, 0.717) is 19.0 Å². The van der Waals surface area contributed by atoms with Crippen molar-refractivity contribution in [3.63, 3.8) is 0 Å². The summed E-state index contributed by atoms with van der Waals surface area (Å²) < 4.78 is 16.1. The molecule has 7 nitrogen and oxygen atoms in total. The lowest BCUT2D eigenvalue weighted by Gasteiger charge is -2.41. The molecule has 1 fully saturated rings. The summed E-state index contributed by atoms with van der Waals surface area (Å²) in [4.78, 5) is 6.82. The average molecular weight is 364 g/mol. The zero-order valence-electron chi connectivity index (χ0n) is 16.4. The first kappa shape index (κ1) is 20.3. The Bertz CT molecular complexity index is 598. The van der Waals surface area contributed by atoms with Gasteiger partial charge in [-0.1, -0.05) is 6.07 Å². The number of ether oxygens (including phenoxy) is 3. The molecule has 146 valence electrons. The smallest absolute Gasteiger partial charge is 0.188 e. The molecule has 3 N–H and O–H groups in total. The SMILES string of the molecule is COc1ccc(CCNC(N)=NCC2(N(C)C)CCOCC2)cc1OC. The number of nitrogens with two attached hydrogens (primary N) is 1. The predicted octanol–water partition coefficient (Wildman–Crippen LogP) is 1.26. The summed E-state index contributed by atoms with van der Waals surface area (Å²) in [7, 11) is 7.47. The van der Waals surface area contributed by atoms with Crippen molar-refractivity contribution in [1.29, 1.82) is 0 Å². The molecule has 1 saturated heterocycles. The molecule has 1 heterocycles. The Labute approximate surface area is 156 Å². The first-order valence-electron chi connectivity index (χ1n) is 9.00. The first-order valence-corrected chi connectivity index (χ1v) is 9.00. The number of likely N-dealkylation sites (N-methyl/N-ethyl adjacent to an activating group) is 1. The fraction of sp³-hybridized carbons (Fsp3) is 0.632. The van der Waals surface area contributed by atoms with E-state index in [9.17, 15) is 0 Å². The van der Waals surface area contributed by atoms with E-state index in [1.807, 2.05) is 18.2 Å². The lowest BCUT2D eigenvalue weighted by Crippen LogP contribution is -2.51. The van der Waals surface area contributed by atoms with Gasteiger partial charge in [-0.3, -0.25) is 4.99 Å². The summed E-state index contributed by atoms with van der Waals surface area (Å²) in [6.07, 6.45) is 2.77. The fourth-order valence-corrected chi connectivity index (χ4v) is 3.16. The summed E-state index contributed by atoms with van der Waals surface area (Å²) >= 11 is 0. The number of aliphatic imine (C=N–C) groups is 1. The summed E-state index contributed by atoms with van der Waals surface area (Å²) in [5, 5.41) is 3.20. The van der Waals surface area contributed by atoms with Gasteiger partial charge in [-0.15, -0.1) is 0 Å². The lowest BCUT2D eigenvalue weighted by molar-refractivity contribution is -0.00252. The number of methoxy groups -OCH3 is 2. The molecule has 0 radical (unpaired) electrons. The quantitative estimate of drug-likeness (QED) is 0.534. The number of hydrogen-bond acceptors (Lipinski definition) is 5. The van der Waals surface area contributed by atoms with Gasteiger partial charge in [0.1, 0.15) is 0 Å². The van der Waals surface area contributed by atoms with Crippen LogP contribution in [0.3, 0.4) is 0 Å². The van der Waals surface area contributed by atoms with E-state index in [2.05, 4.69) is 29.3 Å². The molecule has 2 rings (SSSR count). The summed E-state index contributed by atoms with van der Waals surface area (Å²) in [5.74, 6) is 1.95. The Kier molecular flexibility index (Phi) is 7.53. The van der Waals surface area contributed by atoms with Crippen molar-refractivity contribution in [2.75, 3.05) is 54.6 Å². The monoisotopic (exact) mass is 364 g/mol. The molecule has 1 aliphatic rings. The number of nitrogens with one attached hydrogen (secondary N) is 1. The Morgan fingerprint density at radius 2 is 1.92 bits per heavy atom. The lowest BCUT2D eigenvalue weighted by atomic mass is 9.89. The second-order valence-corrected chi connectivity index (χ2v) is 6.80. The van der Waals surface area contributed by atoms with E-state index in [1.54, 1.807) is 14.2 Å². The van der Waals surface area contributed by atoms with Crippen molar-refractivity contribution in [1.82, 2.24) is 10.2 Å². The highest BCUT2D eigenvalue weighted by Gasteiger charge is 2.34. The van der Waals surface area contributed by atoms with Crippen LogP contribution in [-0.4, -0.2) is 71.0 Å². The van der Waals surface area contributed by atoms with Gasteiger partial charge in [-0.2, -0.15) is 0 Å². The second kappa shape index (κ2) is 9.64. The van der Waals surface area contributed by atoms with E-state index in [4.69, 9.17) is 19.9 Å². The van der Waals surface area contributed by atoms with Crippen LogP contribution in [-0.2, 0) is 11.2 Å². The van der Waals surface area contributed by atoms with Crippen molar-refractivity contribution < 1.29 is 14.2 Å². The second-order valence-electron chi connectivity index (χ2n) is 6.80. The fourth-order valence-electron chi connectivity index (χ4n) is 3.16. The molecule has 0 amide bonds. The molecule has 7 heteroatoms. The summed E-state index contributed by atoms with van der Waals surface area (Å²) in [6.45, 7) is 2.95. The topological polar surface area (TPSA) is 81.3 Å². The van der Waals surface area contributed by atoms with Gasteiger partial charge in [-0.05, 0) is 51.1 Å². The van der Waals surface area contributed by atoms with Crippen LogP contribution in [0.25, 0.3) is 0 Å². The van der Waals surface area contributed by atoms with Crippen molar-refractivity contribution in [3.05, 3.63) is 23.8 Å². The van der Waals surface area contributed by atoms with E-state index in [-0.39, 0.29) is 5.54 Å². The highest BCUT2D eigenvalue weighted by Crippen LogP contribution is 2.28. The predicted molar refractivity (Wildman–Crippen MR) is 104 cm³/mol. The molecular formula is C19H32N4O3. The number of guanidine groups is 1. The van der Waals surface area contributed by atoms with Crippen LogP contribution >= 0.6 is 0 Å². The molecule has 0 bridgehead atoms. The minimum Gasteiger partial charge on any atom is -0.493 e. The average Bonchev–Trinajstić information content (AvgIpc) is 2.66. The molecule has 1 aliphatic heterocycles. The molecule has 0 aliphatic carbocycles. The van der Waals surface area contributed by atoms with Crippen LogP contribution in [0, 0.1) is 0 Å². The van der Waals surface area contributed by atoms with E-state index in [1.165, 1.54) is 0 Å². The zero-order valence-corrected chi connectivity index (χ0v) is 16.4. The molecule has 0 aromatic heterocycles. The van der Waals surface area contributed by atoms with Crippen LogP contribution in [0.15, 0.2) is 23.2 Å². The van der Waals surface area contributed by atoms with E-state index in [0.717, 1.165) is 49.5 Å². The number of hydrogen-bond donors (Lipinski definition) is 2. The third-order valence-corrected chi connectivity index (χ3v) is 5.08. The van der Waals surface area contributed by atoms with Gasteiger partial charge in [0.25, 0.3) is 0 Å². The number of nitrogens with zero attached hydrogens (tertiary/aromatic N) is 2. The molecule has 0 atom stereocenters. The van der Waals surface area contributed by atoms with Crippen LogP contribution in [0.4, 0.5) is 0 Å². The summed E-state index contributed by atoms with van der Waals surface area (Å²) in [5.41, 5.74) is 7.25. The number of rotatable bonds is 8. The van der Waals surface area contributed by atoms with Crippen molar-refractivity contribution in [3.8, 4) is 11.5 Å². The maximum Gasteiger partial charge on any atom is 0.188 e. The molecule has 0 unspecified atom stereocenters. The Hall–Kier alpha value is -1.99. The maximum atomic E-state index is 6.06. The van der Waals surface area contributed by atoms with Gasteiger partial charge < -0.3 is 30.2 Å².